The lowest BCUT2D eigenvalue weighted by Gasteiger charge is -2.23. The fourth-order valence-corrected chi connectivity index (χ4v) is 5.05. The highest BCUT2D eigenvalue weighted by Crippen LogP contribution is 2.45. The number of aryl methyl sites for hydroxylation is 2. The number of fused-ring (bicyclic) bond motifs is 5. The summed E-state index contributed by atoms with van der Waals surface area (Å²) in [7, 11) is 0. The van der Waals surface area contributed by atoms with Crippen LogP contribution in [0.5, 0.6) is 0 Å². The summed E-state index contributed by atoms with van der Waals surface area (Å²) in [6, 6.07) is 18.2. The Bertz CT molecular complexity index is 880. The van der Waals surface area contributed by atoms with Crippen molar-refractivity contribution in [3.8, 4) is 11.3 Å². The van der Waals surface area contributed by atoms with Crippen molar-refractivity contribution in [1.29, 1.82) is 0 Å². The molecule has 0 N–H and O–H groups in total. The number of rotatable bonds is 1. The van der Waals surface area contributed by atoms with Crippen LogP contribution in [0.2, 0.25) is 0 Å². The first-order valence-corrected chi connectivity index (χ1v) is 9.63. The third kappa shape index (κ3) is 2.14. The fourth-order valence-electron chi connectivity index (χ4n) is 5.05. The van der Waals surface area contributed by atoms with Crippen LogP contribution in [-0.2, 0) is 13.0 Å². The molecule has 0 atom stereocenters. The molecule has 1 saturated carbocycles. The molecular formula is C23H25N. The van der Waals surface area contributed by atoms with Crippen LogP contribution in [0.25, 0.3) is 22.2 Å². The SMILES string of the molecule is c1ccc2c(c1)CCCn1c-2c(C2CCCCC2)c2ccccc21. The average Bonchev–Trinajstić information content (AvgIpc) is 2.85. The molecule has 3 aromatic rings. The van der Waals surface area contributed by atoms with Gasteiger partial charge in [-0.25, -0.2) is 0 Å². The van der Waals surface area contributed by atoms with Crippen LogP contribution in [0.15, 0.2) is 48.5 Å². The van der Waals surface area contributed by atoms with E-state index in [1.54, 1.807) is 5.56 Å². The van der Waals surface area contributed by atoms with Crippen LogP contribution < -0.4 is 0 Å². The molecule has 0 saturated heterocycles. The van der Waals surface area contributed by atoms with E-state index in [0.717, 1.165) is 12.5 Å². The van der Waals surface area contributed by atoms with Crippen molar-refractivity contribution in [2.75, 3.05) is 0 Å². The molecule has 5 rings (SSSR count). The standard InChI is InChI=1S/C23H25N/c1-2-10-18(11-3-1)22-20-14-6-7-15-21(20)24-16-8-12-17-9-4-5-13-19(17)23(22)24/h4-7,9,13-15,18H,1-3,8,10-12,16H2. The summed E-state index contributed by atoms with van der Waals surface area (Å²) in [4.78, 5) is 0. The Balaban J connectivity index is 1.84. The number of aromatic nitrogens is 1. The average molecular weight is 315 g/mol. The molecule has 1 aromatic heterocycles. The molecule has 1 fully saturated rings. The molecule has 2 aromatic carbocycles. The van der Waals surface area contributed by atoms with Gasteiger partial charge in [-0.3, -0.25) is 0 Å². The van der Waals surface area contributed by atoms with E-state index in [9.17, 15) is 0 Å². The van der Waals surface area contributed by atoms with Gasteiger partial charge < -0.3 is 4.57 Å². The van der Waals surface area contributed by atoms with E-state index in [2.05, 4.69) is 53.1 Å². The van der Waals surface area contributed by atoms with Crippen LogP contribution >= 0.6 is 0 Å². The molecule has 1 heteroatoms. The van der Waals surface area contributed by atoms with Crippen molar-refractivity contribution in [1.82, 2.24) is 4.57 Å². The summed E-state index contributed by atoms with van der Waals surface area (Å²) >= 11 is 0. The molecular weight excluding hydrogens is 290 g/mol. The van der Waals surface area contributed by atoms with Gasteiger partial charge in [-0.05, 0) is 48.8 Å². The summed E-state index contributed by atoms with van der Waals surface area (Å²) in [5.41, 5.74) is 7.67. The zero-order valence-corrected chi connectivity index (χ0v) is 14.3. The Kier molecular flexibility index (Phi) is 3.47. The predicted octanol–water partition coefficient (Wildman–Crippen LogP) is 6.30. The highest BCUT2D eigenvalue weighted by atomic mass is 15.0. The van der Waals surface area contributed by atoms with E-state index in [1.807, 2.05) is 0 Å². The zero-order valence-electron chi connectivity index (χ0n) is 14.3. The van der Waals surface area contributed by atoms with Crippen LogP contribution in [0.4, 0.5) is 0 Å². The van der Waals surface area contributed by atoms with Gasteiger partial charge in [0.2, 0.25) is 0 Å². The fraction of sp³-hybridized carbons (Fsp3) is 0.391. The molecule has 0 amide bonds. The number of nitrogens with zero attached hydrogens (tertiary/aromatic N) is 1. The minimum absolute atomic E-state index is 0.742. The number of hydrogen-bond donors (Lipinski definition) is 0. The van der Waals surface area contributed by atoms with Crippen molar-refractivity contribution in [3.63, 3.8) is 0 Å². The van der Waals surface area contributed by atoms with Gasteiger partial charge >= 0.3 is 0 Å². The molecule has 2 heterocycles. The second kappa shape index (κ2) is 5.81. The Morgan fingerprint density at radius 2 is 1.58 bits per heavy atom. The first-order valence-electron chi connectivity index (χ1n) is 9.63. The molecule has 24 heavy (non-hydrogen) atoms. The molecule has 0 radical (unpaired) electrons. The Labute approximate surface area is 144 Å². The van der Waals surface area contributed by atoms with Gasteiger partial charge in [0.05, 0.1) is 5.69 Å². The summed E-state index contributed by atoms with van der Waals surface area (Å²) in [6.07, 6.45) is 9.38. The number of hydrogen-bond acceptors (Lipinski definition) is 0. The highest BCUT2D eigenvalue weighted by molar-refractivity contribution is 5.93. The van der Waals surface area contributed by atoms with Crippen LogP contribution in [0, 0.1) is 0 Å². The van der Waals surface area contributed by atoms with Gasteiger partial charge in [-0.1, -0.05) is 61.7 Å². The summed E-state index contributed by atoms with van der Waals surface area (Å²) in [5, 5.41) is 1.51. The maximum Gasteiger partial charge on any atom is 0.0529 e. The van der Waals surface area contributed by atoms with Crippen molar-refractivity contribution in [2.24, 2.45) is 0 Å². The molecule has 1 nitrogen and oxygen atoms in total. The van der Waals surface area contributed by atoms with Gasteiger partial charge in [-0.15, -0.1) is 0 Å². The minimum atomic E-state index is 0.742. The topological polar surface area (TPSA) is 4.93 Å². The van der Waals surface area contributed by atoms with Crippen molar-refractivity contribution >= 4 is 10.9 Å². The van der Waals surface area contributed by atoms with E-state index in [0.29, 0.717) is 0 Å². The Morgan fingerprint density at radius 3 is 2.50 bits per heavy atom. The van der Waals surface area contributed by atoms with Crippen LogP contribution in [-0.4, -0.2) is 4.57 Å². The summed E-state index contributed by atoms with van der Waals surface area (Å²) < 4.78 is 2.63. The van der Waals surface area contributed by atoms with Crippen molar-refractivity contribution in [3.05, 3.63) is 59.7 Å². The molecule has 0 spiro atoms. The smallest absolute Gasteiger partial charge is 0.0529 e. The highest BCUT2D eigenvalue weighted by Gasteiger charge is 2.28. The minimum Gasteiger partial charge on any atom is -0.340 e. The summed E-state index contributed by atoms with van der Waals surface area (Å²) in [6.45, 7) is 1.15. The van der Waals surface area contributed by atoms with E-state index in [1.165, 1.54) is 72.7 Å². The van der Waals surface area contributed by atoms with E-state index in [-0.39, 0.29) is 0 Å². The third-order valence-electron chi connectivity index (χ3n) is 6.12. The summed E-state index contributed by atoms with van der Waals surface area (Å²) in [5.74, 6) is 0.742. The van der Waals surface area contributed by atoms with Gasteiger partial charge in [0.15, 0.2) is 0 Å². The lowest BCUT2D eigenvalue weighted by molar-refractivity contribution is 0.445. The second-order valence-electron chi connectivity index (χ2n) is 7.53. The molecule has 0 unspecified atom stereocenters. The quantitative estimate of drug-likeness (QED) is 0.496. The maximum absolute atomic E-state index is 2.63. The maximum atomic E-state index is 2.63. The zero-order chi connectivity index (χ0) is 15.9. The predicted molar refractivity (Wildman–Crippen MR) is 102 cm³/mol. The van der Waals surface area contributed by atoms with Crippen molar-refractivity contribution in [2.45, 2.75) is 57.4 Å². The first-order chi connectivity index (χ1) is 11.9. The lowest BCUT2D eigenvalue weighted by atomic mass is 9.81. The molecule has 1 aliphatic carbocycles. The van der Waals surface area contributed by atoms with E-state index >= 15 is 0 Å². The normalized spacial score (nSPS) is 18.2. The van der Waals surface area contributed by atoms with Gasteiger partial charge in [0, 0.05) is 23.0 Å². The molecule has 2 aliphatic rings. The lowest BCUT2D eigenvalue weighted by Crippen LogP contribution is -2.06. The van der Waals surface area contributed by atoms with Crippen LogP contribution in [0.1, 0.15) is 55.6 Å². The number of para-hydroxylation sites is 1. The Morgan fingerprint density at radius 1 is 0.792 bits per heavy atom. The Hall–Kier alpha value is -2.02. The van der Waals surface area contributed by atoms with Gasteiger partial charge in [0.25, 0.3) is 0 Å². The monoisotopic (exact) mass is 315 g/mol. The number of benzene rings is 2. The third-order valence-corrected chi connectivity index (χ3v) is 6.12. The second-order valence-corrected chi connectivity index (χ2v) is 7.53. The first kappa shape index (κ1) is 14.3. The molecule has 0 bridgehead atoms. The molecule has 1 aliphatic heterocycles. The largest absolute Gasteiger partial charge is 0.340 e. The van der Waals surface area contributed by atoms with E-state index < -0.39 is 0 Å². The van der Waals surface area contributed by atoms with Gasteiger partial charge in [-0.2, -0.15) is 0 Å². The van der Waals surface area contributed by atoms with Crippen LogP contribution in [0.3, 0.4) is 0 Å². The molecule has 122 valence electrons. The van der Waals surface area contributed by atoms with Gasteiger partial charge in [0.1, 0.15) is 0 Å². The van der Waals surface area contributed by atoms with E-state index in [4.69, 9.17) is 0 Å². The van der Waals surface area contributed by atoms with Crippen molar-refractivity contribution < 1.29 is 0 Å².